The Morgan fingerprint density at radius 2 is 2.10 bits per heavy atom. The quantitative estimate of drug-likeness (QED) is 0.838. The average Bonchev–Trinajstić information content (AvgIpc) is 2.71. The maximum Gasteiger partial charge on any atom is 0.241 e. The number of likely N-dealkylation sites (N-methyl/N-ethyl adjacent to an activating group) is 1. The van der Waals surface area contributed by atoms with Crippen molar-refractivity contribution in [2.24, 2.45) is 5.92 Å². The number of carbonyl (C=O) groups is 1. The second-order valence-electron chi connectivity index (χ2n) is 6.81. The number of hydrogen-bond acceptors (Lipinski definition) is 3. The fourth-order valence-corrected chi connectivity index (χ4v) is 3.51. The number of likely N-dealkylation sites (tertiary alicyclic amines) is 1. The molecule has 0 spiro atoms. The molecule has 0 aromatic rings. The second kappa shape index (κ2) is 6.90. The minimum absolute atomic E-state index is 0.0143. The first kappa shape index (κ1) is 15.8. The van der Waals surface area contributed by atoms with E-state index in [0.717, 1.165) is 19.4 Å². The number of carbonyl (C=O) groups excluding carboxylic acids is 1. The summed E-state index contributed by atoms with van der Waals surface area (Å²) < 4.78 is 0. The lowest BCUT2D eigenvalue weighted by Gasteiger charge is -2.36. The first-order valence-electron chi connectivity index (χ1n) is 8.31. The zero-order chi connectivity index (χ0) is 14.7. The van der Waals surface area contributed by atoms with Crippen molar-refractivity contribution in [1.82, 2.24) is 15.1 Å². The van der Waals surface area contributed by atoms with E-state index in [0.29, 0.717) is 17.9 Å². The zero-order valence-corrected chi connectivity index (χ0v) is 13.6. The number of rotatable bonds is 5. The van der Waals surface area contributed by atoms with Crippen LogP contribution < -0.4 is 5.32 Å². The molecule has 0 bridgehead atoms. The van der Waals surface area contributed by atoms with Crippen molar-refractivity contribution in [3.63, 3.8) is 0 Å². The SMILES string of the molecule is CCCC1NC(C(C)C)C(=O)N1CC1CCCCN1C. The summed E-state index contributed by atoms with van der Waals surface area (Å²) in [7, 11) is 2.20. The van der Waals surface area contributed by atoms with Gasteiger partial charge in [-0.1, -0.05) is 33.6 Å². The number of hydrogen-bond donors (Lipinski definition) is 1. The third-order valence-corrected chi connectivity index (χ3v) is 4.86. The average molecular weight is 281 g/mol. The highest BCUT2D eigenvalue weighted by atomic mass is 16.2. The Morgan fingerprint density at radius 3 is 2.70 bits per heavy atom. The van der Waals surface area contributed by atoms with Crippen LogP contribution in [0.3, 0.4) is 0 Å². The maximum absolute atomic E-state index is 12.7. The van der Waals surface area contributed by atoms with Crippen molar-refractivity contribution in [2.75, 3.05) is 20.1 Å². The highest BCUT2D eigenvalue weighted by Gasteiger charge is 2.40. The van der Waals surface area contributed by atoms with E-state index in [4.69, 9.17) is 0 Å². The summed E-state index contributed by atoms with van der Waals surface area (Å²) in [5.41, 5.74) is 0. The zero-order valence-electron chi connectivity index (χ0n) is 13.6. The molecule has 2 fully saturated rings. The largest absolute Gasteiger partial charge is 0.324 e. The van der Waals surface area contributed by atoms with Gasteiger partial charge in [-0.15, -0.1) is 0 Å². The van der Waals surface area contributed by atoms with Crippen LogP contribution in [0.25, 0.3) is 0 Å². The molecule has 1 amide bonds. The summed E-state index contributed by atoms with van der Waals surface area (Å²) in [6.45, 7) is 8.53. The highest BCUT2D eigenvalue weighted by Crippen LogP contribution is 2.23. The van der Waals surface area contributed by atoms with Crippen molar-refractivity contribution in [2.45, 2.75) is 71.1 Å². The van der Waals surface area contributed by atoms with Crippen molar-refractivity contribution >= 4 is 5.91 Å². The minimum atomic E-state index is 0.0143. The van der Waals surface area contributed by atoms with E-state index < -0.39 is 0 Å². The van der Waals surface area contributed by atoms with Crippen LogP contribution in [0.2, 0.25) is 0 Å². The van der Waals surface area contributed by atoms with E-state index in [1.165, 1.54) is 25.8 Å². The van der Waals surface area contributed by atoms with E-state index in [2.05, 4.69) is 42.9 Å². The van der Waals surface area contributed by atoms with Crippen molar-refractivity contribution in [3.05, 3.63) is 0 Å². The molecular formula is C16H31N3O. The lowest BCUT2D eigenvalue weighted by atomic mass is 10.0. The minimum Gasteiger partial charge on any atom is -0.324 e. The van der Waals surface area contributed by atoms with Crippen molar-refractivity contribution in [1.29, 1.82) is 0 Å². The van der Waals surface area contributed by atoms with Gasteiger partial charge in [0.15, 0.2) is 0 Å². The van der Waals surface area contributed by atoms with Gasteiger partial charge >= 0.3 is 0 Å². The molecule has 3 unspecified atom stereocenters. The molecule has 116 valence electrons. The van der Waals surface area contributed by atoms with Crippen molar-refractivity contribution in [3.8, 4) is 0 Å². The number of nitrogens with one attached hydrogen (secondary N) is 1. The van der Waals surface area contributed by atoms with Crippen LogP contribution in [0.5, 0.6) is 0 Å². The Morgan fingerprint density at radius 1 is 1.35 bits per heavy atom. The van der Waals surface area contributed by atoms with Crippen LogP contribution >= 0.6 is 0 Å². The predicted octanol–water partition coefficient (Wildman–Crippen LogP) is 2.05. The van der Waals surface area contributed by atoms with Crippen LogP contribution in [0.4, 0.5) is 0 Å². The Balaban J connectivity index is 2.04. The Bertz CT molecular complexity index is 332. The third-order valence-electron chi connectivity index (χ3n) is 4.86. The molecule has 4 nitrogen and oxygen atoms in total. The highest BCUT2D eigenvalue weighted by molar-refractivity contribution is 5.84. The van der Waals surface area contributed by atoms with Crippen LogP contribution in [0.1, 0.15) is 52.9 Å². The standard InChI is InChI=1S/C16H31N3O/c1-5-8-14-17-15(12(2)3)16(20)19(14)11-13-9-6-7-10-18(13)4/h12-15,17H,5-11H2,1-4H3. The molecule has 3 atom stereocenters. The van der Waals surface area contributed by atoms with Crippen LogP contribution in [0.15, 0.2) is 0 Å². The van der Waals surface area contributed by atoms with Crippen molar-refractivity contribution < 1.29 is 4.79 Å². The lowest BCUT2D eigenvalue weighted by Crippen LogP contribution is -2.48. The first-order chi connectivity index (χ1) is 9.54. The Labute approximate surface area is 123 Å². The van der Waals surface area contributed by atoms with Gasteiger partial charge in [-0.3, -0.25) is 10.1 Å². The Hall–Kier alpha value is -0.610. The van der Waals surface area contributed by atoms with Gasteiger partial charge in [-0.05, 0) is 38.8 Å². The summed E-state index contributed by atoms with van der Waals surface area (Å²) in [5, 5.41) is 3.55. The monoisotopic (exact) mass is 281 g/mol. The van der Waals surface area contributed by atoms with E-state index in [9.17, 15) is 4.79 Å². The van der Waals surface area contributed by atoms with E-state index >= 15 is 0 Å². The molecule has 2 saturated heterocycles. The van der Waals surface area contributed by atoms with Gasteiger partial charge in [0, 0.05) is 12.6 Å². The fourth-order valence-electron chi connectivity index (χ4n) is 3.51. The molecule has 2 aliphatic rings. The lowest BCUT2D eigenvalue weighted by molar-refractivity contribution is -0.131. The molecule has 4 heteroatoms. The smallest absolute Gasteiger partial charge is 0.241 e. The van der Waals surface area contributed by atoms with E-state index in [-0.39, 0.29) is 12.2 Å². The number of nitrogens with zero attached hydrogens (tertiary/aromatic N) is 2. The van der Waals surface area contributed by atoms with Gasteiger partial charge in [-0.25, -0.2) is 0 Å². The topological polar surface area (TPSA) is 35.6 Å². The number of amides is 1. The number of piperidine rings is 1. The van der Waals surface area contributed by atoms with Crippen LogP contribution in [-0.4, -0.2) is 54.1 Å². The van der Waals surface area contributed by atoms with Gasteiger partial charge in [-0.2, -0.15) is 0 Å². The molecule has 0 aromatic heterocycles. The van der Waals surface area contributed by atoms with Gasteiger partial charge in [0.05, 0.1) is 12.2 Å². The van der Waals surface area contributed by atoms with E-state index in [1.807, 2.05) is 0 Å². The van der Waals surface area contributed by atoms with E-state index in [1.54, 1.807) is 0 Å². The first-order valence-corrected chi connectivity index (χ1v) is 8.31. The normalized spacial score (nSPS) is 32.4. The second-order valence-corrected chi connectivity index (χ2v) is 6.81. The summed E-state index contributed by atoms with van der Waals surface area (Å²) in [5.74, 6) is 0.688. The molecule has 1 N–H and O–H groups in total. The van der Waals surface area contributed by atoms with Crippen LogP contribution in [-0.2, 0) is 4.79 Å². The van der Waals surface area contributed by atoms with Crippen LogP contribution in [0, 0.1) is 5.92 Å². The van der Waals surface area contributed by atoms with Gasteiger partial charge in [0.25, 0.3) is 0 Å². The van der Waals surface area contributed by atoms with Gasteiger partial charge in [0.1, 0.15) is 0 Å². The molecule has 2 rings (SSSR count). The maximum atomic E-state index is 12.7. The molecular weight excluding hydrogens is 250 g/mol. The summed E-state index contributed by atoms with van der Waals surface area (Å²) in [4.78, 5) is 17.2. The molecule has 0 aliphatic carbocycles. The fraction of sp³-hybridized carbons (Fsp3) is 0.938. The van der Waals surface area contributed by atoms with Gasteiger partial charge < -0.3 is 9.80 Å². The predicted molar refractivity (Wildman–Crippen MR) is 82.4 cm³/mol. The molecule has 2 heterocycles. The Kier molecular flexibility index (Phi) is 5.44. The molecule has 2 aliphatic heterocycles. The summed E-state index contributed by atoms with van der Waals surface area (Å²) in [6, 6.07) is 0.556. The molecule has 0 radical (unpaired) electrons. The molecule has 20 heavy (non-hydrogen) atoms. The molecule has 0 aromatic carbocycles. The summed E-state index contributed by atoms with van der Waals surface area (Å²) in [6.07, 6.45) is 6.25. The third kappa shape index (κ3) is 3.34. The molecule has 0 saturated carbocycles. The van der Waals surface area contributed by atoms with Gasteiger partial charge in [0.2, 0.25) is 5.91 Å². The summed E-state index contributed by atoms with van der Waals surface area (Å²) >= 11 is 0.